The van der Waals surface area contributed by atoms with Crippen LogP contribution in [0.2, 0.25) is 0 Å². The lowest BCUT2D eigenvalue weighted by Gasteiger charge is -2.11. The number of hydrogen-bond donors (Lipinski definition) is 1. The summed E-state index contributed by atoms with van der Waals surface area (Å²) in [7, 11) is 0. The van der Waals surface area contributed by atoms with Gasteiger partial charge in [0.1, 0.15) is 12.4 Å². The van der Waals surface area contributed by atoms with Gasteiger partial charge in [-0.25, -0.2) is 0 Å². The van der Waals surface area contributed by atoms with Crippen LogP contribution in [-0.4, -0.2) is 19.3 Å². The Morgan fingerprint density at radius 3 is 3.00 bits per heavy atom. The van der Waals surface area contributed by atoms with Crippen molar-refractivity contribution < 1.29 is 21.9 Å². The van der Waals surface area contributed by atoms with Crippen molar-refractivity contribution in [3.63, 3.8) is 0 Å². The average Bonchev–Trinajstić information content (AvgIpc) is 2.67. The van der Waals surface area contributed by atoms with Gasteiger partial charge in [-0.1, -0.05) is 6.07 Å². The van der Waals surface area contributed by atoms with E-state index in [9.17, 15) is 0 Å². The van der Waals surface area contributed by atoms with Crippen molar-refractivity contribution in [2.45, 2.75) is 18.9 Å². The first-order valence-corrected chi connectivity index (χ1v) is 4.94. The fourth-order valence-electron chi connectivity index (χ4n) is 1.57. The highest BCUT2D eigenvalue weighted by atomic mass is 35.5. The smallest absolute Gasteiger partial charge is 0.121 e. The number of ether oxygens (including phenoxy) is 2. The Bertz CT molecular complexity index is 300. The quantitative estimate of drug-likeness (QED) is 0.664. The maximum absolute atomic E-state index is 5.63. The molecule has 1 aromatic carbocycles. The normalized spacial score (nSPS) is 19.6. The van der Waals surface area contributed by atoms with E-state index in [4.69, 9.17) is 15.2 Å². The second-order valence-corrected chi connectivity index (χ2v) is 3.52. The Hall–Kier alpha value is -0.930. The van der Waals surface area contributed by atoms with Gasteiger partial charge in [-0.2, -0.15) is 0 Å². The number of nitrogen functional groups attached to an aromatic ring is 1. The molecule has 2 rings (SSSR count). The summed E-state index contributed by atoms with van der Waals surface area (Å²) in [6, 6.07) is 7.47. The highest BCUT2D eigenvalue weighted by Gasteiger charge is 2.15. The minimum atomic E-state index is 0. The molecule has 4 heteroatoms. The van der Waals surface area contributed by atoms with Crippen LogP contribution in [0.25, 0.3) is 0 Å². The van der Waals surface area contributed by atoms with Gasteiger partial charge in [-0.15, -0.1) is 0 Å². The molecule has 0 radical (unpaired) electrons. The number of anilines is 1. The monoisotopic (exact) mass is 228 g/mol. The molecule has 1 aliphatic rings. The van der Waals surface area contributed by atoms with Gasteiger partial charge in [0.15, 0.2) is 0 Å². The first-order chi connectivity index (χ1) is 6.84. The molecule has 0 aromatic heterocycles. The van der Waals surface area contributed by atoms with Crippen LogP contribution in [0.4, 0.5) is 5.69 Å². The first-order valence-electron chi connectivity index (χ1n) is 4.94. The van der Waals surface area contributed by atoms with E-state index in [0.29, 0.717) is 6.61 Å². The van der Waals surface area contributed by atoms with Gasteiger partial charge < -0.3 is 27.6 Å². The predicted octanol–water partition coefficient (Wildman–Crippen LogP) is -1.17. The summed E-state index contributed by atoms with van der Waals surface area (Å²) in [6.07, 6.45) is 2.50. The highest BCUT2D eigenvalue weighted by molar-refractivity contribution is 5.43. The van der Waals surface area contributed by atoms with Gasteiger partial charge in [0.25, 0.3) is 0 Å². The highest BCUT2D eigenvalue weighted by Crippen LogP contribution is 2.17. The third-order valence-corrected chi connectivity index (χ3v) is 2.32. The predicted molar refractivity (Wildman–Crippen MR) is 55.3 cm³/mol. The number of hydrogen-bond acceptors (Lipinski definition) is 3. The van der Waals surface area contributed by atoms with Crippen molar-refractivity contribution in [2.24, 2.45) is 0 Å². The zero-order valence-corrected chi connectivity index (χ0v) is 9.24. The zero-order valence-electron chi connectivity index (χ0n) is 8.49. The van der Waals surface area contributed by atoms with Crippen LogP contribution in [-0.2, 0) is 4.74 Å². The molecule has 1 unspecified atom stereocenters. The van der Waals surface area contributed by atoms with E-state index in [0.717, 1.165) is 30.9 Å². The lowest BCUT2D eigenvalue weighted by Crippen LogP contribution is -3.00. The summed E-state index contributed by atoms with van der Waals surface area (Å²) in [5.41, 5.74) is 6.36. The van der Waals surface area contributed by atoms with Crippen LogP contribution in [0.1, 0.15) is 12.8 Å². The molecular weight excluding hydrogens is 214 g/mol. The van der Waals surface area contributed by atoms with E-state index in [-0.39, 0.29) is 18.5 Å². The Labute approximate surface area is 96.0 Å². The van der Waals surface area contributed by atoms with E-state index < -0.39 is 0 Å². The van der Waals surface area contributed by atoms with E-state index >= 15 is 0 Å². The fourth-order valence-corrected chi connectivity index (χ4v) is 1.57. The third-order valence-electron chi connectivity index (χ3n) is 2.32. The molecule has 0 bridgehead atoms. The Balaban J connectivity index is 0.00000112. The molecular formula is C11H15ClNO2-. The Morgan fingerprint density at radius 1 is 1.47 bits per heavy atom. The van der Waals surface area contributed by atoms with Gasteiger partial charge in [0.2, 0.25) is 0 Å². The molecule has 1 aromatic rings. The van der Waals surface area contributed by atoms with E-state index in [1.165, 1.54) is 0 Å². The Morgan fingerprint density at radius 2 is 2.33 bits per heavy atom. The molecule has 0 spiro atoms. The van der Waals surface area contributed by atoms with Gasteiger partial charge >= 0.3 is 0 Å². The fraction of sp³-hybridized carbons (Fsp3) is 0.455. The maximum Gasteiger partial charge on any atom is 0.121 e. The largest absolute Gasteiger partial charge is 1.00 e. The molecule has 1 atom stereocenters. The Kier molecular flexibility index (Phi) is 4.72. The molecule has 1 heterocycles. The number of rotatable bonds is 3. The lowest BCUT2D eigenvalue weighted by molar-refractivity contribution is -0.00000412. The number of benzene rings is 1. The van der Waals surface area contributed by atoms with Crippen molar-refractivity contribution in [1.29, 1.82) is 0 Å². The molecule has 1 fully saturated rings. The molecule has 1 aliphatic heterocycles. The van der Waals surface area contributed by atoms with E-state index in [1.54, 1.807) is 0 Å². The van der Waals surface area contributed by atoms with Crippen molar-refractivity contribution in [3.05, 3.63) is 24.3 Å². The maximum atomic E-state index is 5.63. The van der Waals surface area contributed by atoms with Crippen LogP contribution in [0, 0.1) is 0 Å². The summed E-state index contributed by atoms with van der Waals surface area (Å²) in [6.45, 7) is 1.49. The summed E-state index contributed by atoms with van der Waals surface area (Å²) in [5.74, 6) is 0.820. The molecule has 15 heavy (non-hydrogen) atoms. The average molecular weight is 229 g/mol. The summed E-state index contributed by atoms with van der Waals surface area (Å²) < 4.78 is 11.0. The number of halogens is 1. The minimum Gasteiger partial charge on any atom is -1.00 e. The van der Waals surface area contributed by atoms with Gasteiger partial charge in [0.05, 0.1) is 6.10 Å². The summed E-state index contributed by atoms with van der Waals surface area (Å²) in [5, 5.41) is 0. The van der Waals surface area contributed by atoms with Gasteiger partial charge in [0, 0.05) is 18.4 Å². The molecule has 2 N–H and O–H groups in total. The lowest BCUT2D eigenvalue weighted by atomic mass is 10.2. The van der Waals surface area contributed by atoms with Crippen LogP contribution < -0.4 is 22.9 Å². The van der Waals surface area contributed by atoms with Crippen molar-refractivity contribution >= 4 is 5.69 Å². The van der Waals surface area contributed by atoms with Crippen molar-refractivity contribution in [1.82, 2.24) is 0 Å². The topological polar surface area (TPSA) is 44.5 Å². The first kappa shape index (κ1) is 12.1. The molecule has 0 aliphatic carbocycles. The third kappa shape index (κ3) is 3.61. The standard InChI is InChI=1S/C11H15NO2.ClH/c12-9-3-1-4-10(7-9)14-8-11-5-2-6-13-11;/h1,3-4,7,11H,2,5-6,8,12H2;1H/p-1. The SMILES string of the molecule is Nc1cccc(OCC2CCCO2)c1.[Cl-]. The zero-order chi connectivity index (χ0) is 9.80. The molecule has 0 amide bonds. The van der Waals surface area contributed by atoms with Gasteiger partial charge in [-0.3, -0.25) is 0 Å². The van der Waals surface area contributed by atoms with Crippen LogP contribution in [0.3, 0.4) is 0 Å². The van der Waals surface area contributed by atoms with Crippen LogP contribution >= 0.6 is 0 Å². The second kappa shape index (κ2) is 5.83. The van der Waals surface area contributed by atoms with Crippen molar-refractivity contribution in [2.75, 3.05) is 18.9 Å². The number of nitrogens with two attached hydrogens (primary N) is 1. The summed E-state index contributed by atoms with van der Waals surface area (Å²) in [4.78, 5) is 0. The minimum absolute atomic E-state index is 0. The summed E-state index contributed by atoms with van der Waals surface area (Å²) >= 11 is 0. The van der Waals surface area contributed by atoms with E-state index in [2.05, 4.69) is 0 Å². The molecule has 1 saturated heterocycles. The van der Waals surface area contributed by atoms with Crippen LogP contribution in [0.5, 0.6) is 5.75 Å². The second-order valence-electron chi connectivity index (χ2n) is 3.52. The van der Waals surface area contributed by atoms with E-state index in [1.807, 2.05) is 24.3 Å². The molecule has 84 valence electrons. The molecule has 0 saturated carbocycles. The van der Waals surface area contributed by atoms with Crippen molar-refractivity contribution in [3.8, 4) is 5.75 Å². The van der Waals surface area contributed by atoms with Gasteiger partial charge in [-0.05, 0) is 25.0 Å². The van der Waals surface area contributed by atoms with Crippen LogP contribution in [0.15, 0.2) is 24.3 Å². The molecule has 3 nitrogen and oxygen atoms in total.